The van der Waals surface area contributed by atoms with Crippen LogP contribution in [0.3, 0.4) is 0 Å². The number of carbonyl (C=O) groups excluding carboxylic acids is 5. The van der Waals surface area contributed by atoms with Gasteiger partial charge in [0.05, 0.1) is 37.6 Å². The summed E-state index contributed by atoms with van der Waals surface area (Å²) in [5.41, 5.74) is -0.990. The molecular weight excluding hydrogens is 963 g/mol. The predicted octanol–water partition coefficient (Wildman–Crippen LogP) is 8.23. The summed E-state index contributed by atoms with van der Waals surface area (Å²) in [6.07, 6.45) is -3.84. The number of fused-ring (bicyclic) bond motifs is 1. The Morgan fingerprint density at radius 1 is 0.904 bits per heavy atom. The van der Waals surface area contributed by atoms with Gasteiger partial charge in [-0.25, -0.2) is 9.59 Å². The Kier molecular flexibility index (Phi) is 18.0. The summed E-state index contributed by atoms with van der Waals surface area (Å²) >= 11 is 0. The van der Waals surface area contributed by atoms with Gasteiger partial charge in [0, 0.05) is 13.0 Å². The second-order valence-electron chi connectivity index (χ2n) is 20.2. The number of likely N-dealkylation sites (tertiary alicyclic amines) is 1. The summed E-state index contributed by atoms with van der Waals surface area (Å²) in [4.78, 5) is 74.5. The fourth-order valence-electron chi connectivity index (χ4n) is 9.84. The summed E-state index contributed by atoms with van der Waals surface area (Å²) in [6, 6.07) is 29.2. The molecule has 15 nitrogen and oxygen atoms in total. The second kappa shape index (κ2) is 23.4. The van der Waals surface area contributed by atoms with Gasteiger partial charge in [0.25, 0.3) is 20.1 Å². The van der Waals surface area contributed by atoms with Gasteiger partial charge in [0.2, 0.25) is 6.10 Å². The number of carbonyl (C=O) groups is 5. The van der Waals surface area contributed by atoms with Crippen molar-refractivity contribution in [3.63, 3.8) is 0 Å². The highest BCUT2D eigenvalue weighted by atomic mass is 28.4. The minimum atomic E-state index is -3.37. The topological polar surface area (TPSA) is 181 Å². The van der Waals surface area contributed by atoms with Crippen molar-refractivity contribution in [2.45, 2.75) is 135 Å². The van der Waals surface area contributed by atoms with Crippen molar-refractivity contribution in [1.29, 1.82) is 0 Å². The third-order valence-electron chi connectivity index (χ3n) is 14.0. The van der Waals surface area contributed by atoms with Crippen molar-refractivity contribution >= 4 is 67.6 Å². The molecule has 6 rings (SSSR count). The molecule has 2 aliphatic rings. The molecule has 2 N–H and O–H groups in total. The van der Waals surface area contributed by atoms with E-state index in [1.807, 2.05) is 61.5 Å². The molecule has 0 unspecified atom stereocenters. The Labute approximate surface area is 432 Å². The molecule has 0 saturated carbocycles. The number of rotatable bonds is 21. The lowest BCUT2D eigenvalue weighted by Crippen LogP contribution is -2.67. The lowest BCUT2D eigenvalue weighted by atomic mass is 9.99. The number of amides is 3. The highest BCUT2D eigenvalue weighted by Gasteiger charge is 2.59. The van der Waals surface area contributed by atoms with Crippen molar-refractivity contribution in [1.82, 2.24) is 15.5 Å². The average Bonchev–Trinajstić information content (AvgIpc) is 4.05. The van der Waals surface area contributed by atoms with Crippen LogP contribution in [0.25, 0.3) is 10.8 Å². The van der Waals surface area contributed by atoms with Crippen molar-refractivity contribution in [2.24, 2.45) is 0 Å². The van der Waals surface area contributed by atoms with E-state index in [0.717, 1.165) is 21.3 Å². The highest BCUT2D eigenvalue weighted by Crippen LogP contribution is 2.43. The van der Waals surface area contributed by atoms with Crippen LogP contribution < -0.4 is 25.7 Å². The molecule has 5 atom stereocenters. The fraction of sp³-hybridized carbons (Fsp3) is 0.446. The van der Waals surface area contributed by atoms with E-state index < -0.39 is 93.2 Å². The van der Waals surface area contributed by atoms with Gasteiger partial charge in [-0.15, -0.1) is 0 Å². The first-order valence-corrected chi connectivity index (χ1v) is 29.5. The molecule has 0 bridgehead atoms. The Hall–Kier alpha value is -6.12. The van der Waals surface area contributed by atoms with Gasteiger partial charge in [0.1, 0.15) is 29.8 Å². The molecule has 73 heavy (non-hydrogen) atoms. The van der Waals surface area contributed by atoms with Crippen LogP contribution in [-0.2, 0) is 42.2 Å². The van der Waals surface area contributed by atoms with E-state index in [9.17, 15) is 9.59 Å². The molecule has 4 aromatic carbocycles. The van der Waals surface area contributed by atoms with Gasteiger partial charge in [0.15, 0.2) is 14.4 Å². The number of hydrogen-bond donors (Lipinski definition) is 2. The molecule has 4 aromatic rings. The highest BCUT2D eigenvalue weighted by molar-refractivity contribution is 6.99. The van der Waals surface area contributed by atoms with Gasteiger partial charge in [-0.1, -0.05) is 133 Å². The van der Waals surface area contributed by atoms with Gasteiger partial charge in [-0.2, -0.15) is 0 Å². The van der Waals surface area contributed by atoms with Crippen LogP contribution in [0.1, 0.15) is 85.2 Å². The zero-order chi connectivity index (χ0) is 53.5. The van der Waals surface area contributed by atoms with Crippen LogP contribution in [0.5, 0.6) is 5.75 Å². The van der Waals surface area contributed by atoms with Crippen LogP contribution in [0.2, 0.25) is 23.2 Å². The molecule has 2 aliphatic heterocycles. The molecule has 3 amide bonds. The lowest BCUT2D eigenvalue weighted by Gasteiger charge is -2.44. The van der Waals surface area contributed by atoms with Crippen molar-refractivity contribution in [2.75, 3.05) is 26.9 Å². The number of esters is 2. The number of aryl methyl sites for hydroxylation is 1. The second-order valence-corrected chi connectivity index (χ2v) is 29.3. The average molecular weight is 1040 g/mol. The Morgan fingerprint density at radius 3 is 2.01 bits per heavy atom. The minimum Gasteiger partial charge on any atom is -0.497 e. The van der Waals surface area contributed by atoms with Crippen LogP contribution in [0, 0.1) is 6.92 Å². The maximum absolute atomic E-state index is 15.2. The molecule has 0 radical (unpaired) electrons. The summed E-state index contributed by atoms with van der Waals surface area (Å²) < 4.78 is 44.6. The van der Waals surface area contributed by atoms with Crippen LogP contribution >= 0.6 is 0 Å². The monoisotopic (exact) mass is 1040 g/mol. The first kappa shape index (κ1) is 56.2. The van der Waals surface area contributed by atoms with Gasteiger partial charge < -0.3 is 43.2 Å². The Morgan fingerprint density at radius 2 is 1.51 bits per heavy atom. The number of nitrogens with one attached hydrogen (secondary N) is 2. The maximum Gasteiger partial charge on any atom is 0.414 e. The summed E-state index contributed by atoms with van der Waals surface area (Å²) in [7, 11) is -4.62. The number of benzene rings is 4. The van der Waals surface area contributed by atoms with E-state index in [0.29, 0.717) is 29.3 Å². The molecule has 17 heteroatoms. The molecule has 0 spiro atoms. The van der Waals surface area contributed by atoms with Gasteiger partial charge in [-0.3, -0.25) is 19.3 Å². The number of nitrogens with zero attached hydrogens (tertiary/aromatic N) is 1. The number of ether oxygens (including phenoxy) is 5. The molecule has 0 aromatic heterocycles. The largest absolute Gasteiger partial charge is 0.497 e. The molecule has 0 aliphatic carbocycles. The maximum atomic E-state index is 15.2. The van der Waals surface area contributed by atoms with E-state index >= 15 is 14.4 Å². The van der Waals surface area contributed by atoms with Crippen LogP contribution in [0.15, 0.2) is 115 Å². The standard InChI is InChI=1S/C56H73N3O12Si2/c1-14-31-66-54(64)59-45(34-68-73(55(9,10)11,40-26-20-18-21-27-40)41-28-22-19-23-29-41)48(71-72(15-2,16-3)17-4)49(69-38(8)60)47(59)46(51(61)57-36(5)6)58-52(62)50(56(12)35-67-56)70-53(63)44-33-39(65-13)32-43-37(7)25-24-30-42(43)44/h14,18-30,32-33,36,45,48-50H,1,15-17,31,34-35H2,2-13H3,(H,57,61)(H,58,62)/b47-46+/t45-,48+,49+,50+,56-/m0/s1. The van der Waals surface area contributed by atoms with Gasteiger partial charge in [-0.05, 0) is 89.7 Å². The van der Waals surface area contributed by atoms with Gasteiger partial charge >= 0.3 is 18.0 Å². The van der Waals surface area contributed by atoms with E-state index in [1.165, 1.54) is 31.1 Å². The first-order chi connectivity index (χ1) is 34.6. The molecular formula is C56H73N3O12Si2. The van der Waals surface area contributed by atoms with Crippen LogP contribution in [0.4, 0.5) is 4.79 Å². The smallest absolute Gasteiger partial charge is 0.414 e. The van der Waals surface area contributed by atoms with E-state index in [-0.39, 0.29) is 31.1 Å². The first-order valence-electron chi connectivity index (χ1n) is 25.1. The third-order valence-corrected chi connectivity index (χ3v) is 23.6. The zero-order valence-electron chi connectivity index (χ0n) is 44.4. The van der Waals surface area contributed by atoms with E-state index in [2.05, 4.69) is 83.0 Å². The normalized spacial score (nSPS) is 20.0. The third kappa shape index (κ3) is 12.0. The quantitative estimate of drug-likeness (QED) is 0.0204. The van der Waals surface area contributed by atoms with Crippen LogP contribution in [-0.4, -0.2) is 114 Å². The number of epoxide rings is 1. The Balaban J connectivity index is 1.60. The molecule has 2 saturated heterocycles. The van der Waals surface area contributed by atoms with E-state index in [4.69, 9.17) is 32.5 Å². The summed E-state index contributed by atoms with van der Waals surface area (Å²) in [5, 5.41) is 8.39. The zero-order valence-corrected chi connectivity index (χ0v) is 46.4. The lowest BCUT2D eigenvalue weighted by molar-refractivity contribution is -0.148. The number of hydrogen-bond acceptors (Lipinski definition) is 12. The van der Waals surface area contributed by atoms with Crippen molar-refractivity contribution < 1.29 is 56.5 Å². The Bertz CT molecular complexity index is 2630. The summed E-state index contributed by atoms with van der Waals surface area (Å²) in [5.74, 6) is -3.00. The van der Waals surface area contributed by atoms with Crippen molar-refractivity contribution in [3.8, 4) is 5.75 Å². The molecule has 2 heterocycles. The SMILES string of the molecule is C=CCOC(=O)N1/C(=C(/NC(=O)[C@@H](OC(=O)c2cc(OC)cc3c(C)cccc23)[C@]2(C)CO2)C(=O)NC(C)C)[C@@H](OC(C)=O)[C@H](O[Si](CC)(CC)CC)[C@@H]1CO[Si](c1ccccc1)(c1ccccc1)C(C)(C)C. The summed E-state index contributed by atoms with van der Waals surface area (Å²) in [6.45, 7) is 24.1. The fourth-order valence-corrected chi connectivity index (χ4v) is 17.3. The van der Waals surface area contributed by atoms with Crippen molar-refractivity contribution in [3.05, 3.63) is 126 Å². The minimum absolute atomic E-state index is 0.0336. The molecule has 2 fully saturated rings. The number of methoxy groups -OCH3 is 1. The predicted molar refractivity (Wildman–Crippen MR) is 286 cm³/mol. The molecule has 392 valence electrons. The van der Waals surface area contributed by atoms with E-state index in [1.54, 1.807) is 26.8 Å².